The van der Waals surface area contributed by atoms with Gasteiger partial charge in [-0.3, -0.25) is 4.79 Å². The molecule has 2 heterocycles. The molecule has 1 amide bonds. The number of carbonyl (C=O) groups is 1. The molecule has 0 spiro atoms. The number of hydrogen-bond donors (Lipinski definition) is 0. The number of likely N-dealkylation sites (tertiary alicyclic amines) is 1. The molecular weight excluding hydrogens is 300 g/mol. The first-order valence-electron chi connectivity index (χ1n) is 8.68. The van der Waals surface area contributed by atoms with Gasteiger partial charge < -0.3 is 9.42 Å². The Labute approximate surface area is 142 Å². The van der Waals surface area contributed by atoms with E-state index in [1.165, 1.54) is 6.42 Å². The zero-order valence-corrected chi connectivity index (χ0v) is 14.6. The van der Waals surface area contributed by atoms with Gasteiger partial charge in [0, 0.05) is 24.2 Å². The molecule has 1 aliphatic heterocycles. The average molecular weight is 324 g/mol. The molecule has 4 rings (SSSR count). The van der Waals surface area contributed by atoms with Gasteiger partial charge in [0.05, 0.1) is 0 Å². The lowest BCUT2D eigenvalue weighted by molar-refractivity contribution is 0.0698. The standard InChI is InChI=1S/C20H24N2O2/c1-19(2)10-15-11-20(3,12-19)13-22(15)18(23)16-9-17(24-21-16)14-7-5-4-6-8-14/h4-9,15H,10-13H2,1-3H3/t15-,20-/m0/s1. The smallest absolute Gasteiger partial charge is 0.276 e. The van der Waals surface area contributed by atoms with Gasteiger partial charge in [0.1, 0.15) is 0 Å². The molecule has 4 heteroatoms. The van der Waals surface area contributed by atoms with E-state index in [0.717, 1.165) is 24.9 Å². The summed E-state index contributed by atoms with van der Waals surface area (Å²) in [5, 5.41) is 4.04. The molecule has 1 aromatic heterocycles. The minimum atomic E-state index is 0.00681. The van der Waals surface area contributed by atoms with Gasteiger partial charge in [-0.15, -0.1) is 0 Å². The Morgan fingerprint density at radius 1 is 1.21 bits per heavy atom. The van der Waals surface area contributed by atoms with Crippen LogP contribution >= 0.6 is 0 Å². The van der Waals surface area contributed by atoms with Crippen molar-refractivity contribution in [3.05, 3.63) is 42.1 Å². The Bertz CT molecular complexity index is 765. The van der Waals surface area contributed by atoms with Crippen LogP contribution in [-0.2, 0) is 0 Å². The number of nitrogens with zero attached hydrogens (tertiary/aromatic N) is 2. The number of fused-ring (bicyclic) bond motifs is 2. The van der Waals surface area contributed by atoms with Crippen LogP contribution in [0.4, 0.5) is 0 Å². The lowest BCUT2D eigenvalue weighted by Gasteiger charge is -2.39. The van der Waals surface area contributed by atoms with E-state index in [0.29, 0.717) is 22.9 Å². The summed E-state index contributed by atoms with van der Waals surface area (Å²) < 4.78 is 5.41. The minimum Gasteiger partial charge on any atom is -0.355 e. The molecule has 2 atom stereocenters. The molecule has 2 bridgehead atoms. The van der Waals surface area contributed by atoms with Gasteiger partial charge in [0.2, 0.25) is 0 Å². The number of aromatic nitrogens is 1. The molecule has 1 aromatic carbocycles. The Hall–Kier alpha value is -2.10. The van der Waals surface area contributed by atoms with Gasteiger partial charge in [0.25, 0.3) is 5.91 Å². The monoisotopic (exact) mass is 324 g/mol. The number of hydrogen-bond acceptors (Lipinski definition) is 3. The van der Waals surface area contributed by atoms with Gasteiger partial charge in [-0.2, -0.15) is 0 Å². The van der Waals surface area contributed by atoms with Crippen molar-refractivity contribution < 1.29 is 9.32 Å². The van der Waals surface area contributed by atoms with E-state index in [1.807, 2.05) is 35.2 Å². The van der Waals surface area contributed by atoms with Crippen LogP contribution in [0.15, 0.2) is 40.9 Å². The third-order valence-electron chi connectivity index (χ3n) is 5.46. The van der Waals surface area contributed by atoms with E-state index >= 15 is 0 Å². The maximum absolute atomic E-state index is 13.0. The third-order valence-corrected chi connectivity index (χ3v) is 5.46. The molecule has 2 aromatic rings. The summed E-state index contributed by atoms with van der Waals surface area (Å²) in [6.07, 6.45) is 3.34. The van der Waals surface area contributed by atoms with Gasteiger partial charge in [-0.1, -0.05) is 56.3 Å². The number of amides is 1. The number of rotatable bonds is 2. The van der Waals surface area contributed by atoms with Crippen LogP contribution in [0.1, 0.15) is 50.5 Å². The van der Waals surface area contributed by atoms with E-state index < -0.39 is 0 Å². The Morgan fingerprint density at radius 2 is 1.96 bits per heavy atom. The van der Waals surface area contributed by atoms with Gasteiger partial charge >= 0.3 is 0 Å². The van der Waals surface area contributed by atoms with Gasteiger partial charge in [-0.05, 0) is 30.1 Å². The first kappa shape index (κ1) is 15.4. The number of benzene rings is 1. The summed E-state index contributed by atoms with van der Waals surface area (Å²) in [5.41, 5.74) is 1.89. The molecule has 1 aliphatic carbocycles. The van der Waals surface area contributed by atoms with E-state index in [4.69, 9.17) is 4.52 Å². The maximum atomic E-state index is 13.0. The second-order valence-corrected chi connectivity index (χ2v) is 8.59. The van der Waals surface area contributed by atoms with Crippen molar-refractivity contribution in [3.8, 4) is 11.3 Å². The van der Waals surface area contributed by atoms with Crippen molar-refractivity contribution >= 4 is 5.91 Å². The molecular formula is C20H24N2O2. The first-order chi connectivity index (χ1) is 11.4. The van der Waals surface area contributed by atoms with Crippen molar-refractivity contribution in [2.75, 3.05) is 6.54 Å². The van der Waals surface area contributed by atoms with Crippen molar-refractivity contribution in [1.82, 2.24) is 10.1 Å². The maximum Gasteiger partial charge on any atom is 0.276 e. The first-order valence-corrected chi connectivity index (χ1v) is 8.68. The molecule has 4 nitrogen and oxygen atoms in total. The van der Waals surface area contributed by atoms with E-state index in [2.05, 4.69) is 25.9 Å². The van der Waals surface area contributed by atoms with Crippen LogP contribution < -0.4 is 0 Å². The highest BCUT2D eigenvalue weighted by atomic mass is 16.5. The SMILES string of the molecule is CC1(C)C[C@H]2C[C@](C)(CN2C(=O)c2cc(-c3ccccc3)on2)C1. The molecule has 2 fully saturated rings. The van der Waals surface area contributed by atoms with Crippen molar-refractivity contribution in [2.24, 2.45) is 10.8 Å². The topological polar surface area (TPSA) is 46.3 Å². The average Bonchev–Trinajstić information content (AvgIpc) is 3.09. The summed E-state index contributed by atoms with van der Waals surface area (Å²) in [7, 11) is 0. The summed E-state index contributed by atoms with van der Waals surface area (Å²) in [4.78, 5) is 15.0. The normalized spacial score (nSPS) is 28.1. The van der Waals surface area contributed by atoms with Crippen LogP contribution in [0, 0.1) is 10.8 Å². The van der Waals surface area contributed by atoms with Crippen molar-refractivity contribution in [1.29, 1.82) is 0 Å². The molecule has 1 saturated carbocycles. The van der Waals surface area contributed by atoms with Crippen LogP contribution in [0.2, 0.25) is 0 Å². The molecule has 2 aliphatic rings. The van der Waals surface area contributed by atoms with Crippen LogP contribution in [-0.4, -0.2) is 28.6 Å². The van der Waals surface area contributed by atoms with E-state index in [9.17, 15) is 4.79 Å². The Morgan fingerprint density at radius 3 is 2.71 bits per heavy atom. The highest BCUT2D eigenvalue weighted by Gasteiger charge is 2.51. The lowest BCUT2D eigenvalue weighted by atomic mass is 9.65. The molecule has 0 unspecified atom stereocenters. The summed E-state index contributed by atoms with van der Waals surface area (Å²) in [6, 6.07) is 11.9. The lowest BCUT2D eigenvalue weighted by Crippen LogP contribution is -2.37. The Kier molecular flexibility index (Phi) is 3.34. The highest BCUT2D eigenvalue weighted by molar-refractivity contribution is 5.93. The summed E-state index contributed by atoms with van der Waals surface area (Å²) in [6.45, 7) is 7.77. The predicted octanol–water partition coefficient (Wildman–Crippen LogP) is 4.38. The van der Waals surface area contributed by atoms with Crippen LogP contribution in [0.3, 0.4) is 0 Å². The quantitative estimate of drug-likeness (QED) is 0.823. The predicted molar refractivity (Wildman–Crippen MR) is 92.5 cm³/mol. The summed E-state index contributed by atoms with van der Waals surface area (Å²) in [5.74, 6) is 0.653. The second-order valence-electron chi connectivity index (χ2n) is 8.59. The zero-order chi connectivity index (χ0) is 16.9. The van der Waals surface area contributed by atoms with Gasteiger partial charge in [0.15, 0.2) is 11.5 Å². The largest absolute Gasteiger partial charge is 0.355 e. The molecule has 24 heavy (non-hydrogen) atoms. The van der Waals surface area contributed by atoms with Gasteiger partial charge in [-0.25, -0.2) is 0 Å². The fourth-order valence-corrected chi connectivity index (χ4v) is 4.96. The number of carbonyl (C=O) groups excluding carboxylic acids is 1. The third kappa shape index (κ3) is 2.64. The van der Waals surface area contributed by atoms with E-state index in [1.54, 1.807) is 6.07 Å². The summed E-state index contributed by atoms with van der Waals surface area (Å²) >= 11 is 0. The van der Waals surface area contributed by atoms with E-state index in [-0.39, 0.29) is 11.3 Å². The highest BCUT2D eigenvalue weighted by Crippen LogP contribution is 2.52. The molecule has 126 valence electrons. The molecule has 0 N–H and O–H groups in total. The molecule has 0 radical (unpaired) electrons. The minimum absolute atomic E-state index is 0.00681. The Balaban J connectivity index is 1.58. The van der Waals surface area contributed by atoms with Crippen LogP contribution in [0.5, 0.6) is 0 Å². The zero-order valence-electron chi connectivity index (χ0n) is 14.6. The second kappa shape index (κ2) is 5.20. The van der Waals surface area contributed by atoms with Crippen molar-refractivity contribution in [2.45, 2.75) is 46.1 Å². The molecule has 1 saturated heterocycles. The fourth-order valence-electron chi connectivity index (χ4n) is 4.96. The fraction of sp³-hybridized carbons (Fsp3) is 0.500. The van der Waals surface area contributed by atoms with Crippen LogP contribution in [0.25, 0.3) is 11.3 Å². The van der Waals surface area contributed by atoms with Crippen molar-refractivity contribution in [3.63, 3.8) is 0 Å².